The highest BCUT2D eigenvalue weighted by molar-refractivity contribution is 5.91. The van der Waals surface area contributed by atoms with E-state index in [-0.39, 0.29) is 19.1 Å². The van der Waals surface area contributed by atoms with E-state index in [9.17, 15) is 4.79 Å². The van der Waals surface area contributed by atoms with Crippen LogP contribution in [0.2, 0.25) is 0 Å². The average Bonchev–Trinajstić information content (AvgIpc) is 2.47. The highest BCUT2D eigenvalue weighted by Gasteiger charge is 2.05. The normalized spacial score (nSPS) is 9.90. The molecule has 2 rings (SSSR count). The number of nitrogens with zero attached hydrogens (tertiary/aromatic N) is 1. The van der Waals surface area contributed by atoms with Gasteiger partial charge in [-0.2, -0.15) is 5.26 Å². The number of carbonyl (C=O) groups is 1. The molecule has 0 bridgehead atoms. The zero-order valence-corrected chi connectivity index (χ0v) is 11.8. The minimum Gasteiger partial charge on any atom is -0.367 e. The largest absolute Gasteiger partial charge is 0.367 e. The van der Waals surface area contributed by atoms with Crippen molar-refractivity contribution in [3.63, 3.8) is 0 Å². The first-order chi connectivity index (χ1) is 10.2. The number of anilines is 1. The maximum Gasteiger partial charge on any atom is 0.250 e. The van der Waals surface area contributed by atoms with Crippen molar-refractivity contribution in [2.45, 2.75) is 13.5 Å². The first-order valence-electron chi connectivity index (χ1n) is 6.61. The minimum atomic E-state index is -0.213. The maximum atomic E-state index is 11.8. The van der Waals surface area contributed by atoms with Gasteiger partial charge < -0.3 is 10.1 Å². The fourth-order valence-corrected chi connectivity index (χ4v) is 1.93. The summed E-state index contributed by atoms with van der Waals surface area (Å²) in [5.74, 6) is -0.213. The van der Waals surface area contributed by atoms with Crippen LogP contribution in [0.4, 0.5) is 5.69 Å². The van der Waals surface area contributed by atoms with Gasteiger partial charge in [0, 0.05) is 5.69 Å². The highest BCUT2D eigenvalue weighted by Crippen LogP contribution is 2.10. The molecule has 2 aromatic carbocycles. The van der Waals surface area contributed by atoms with Crippen molar-refractivity contribution in [1.29, 1.82) is 5.26 Å². The molecule has 0 aliphatic carbocycles. The SMILES string of the molecule is Cc1cccc(NC(=O)COCc2ccccc2C#N)c1. The zero-order chi connectivity index (χ0) is 15.1. The van der Waals surface area contributed by atoms with E-state index >= 15 is 0 Å². The van der Waals surface area contributed by atoms with Gasteiger partial charge in [-0.1, -0.05) is 30.3 Å². The summed E-state index contributed by atoms with van der Waals surface area (Å²) in [6, 6.07) is 16.8. The fraction of sp³-hybridized carbons (Fsp3) is 0.176. The van der Waals surface area contributed by atoms with Crippen molar-refractivity contribution in [3.8, 4) is 6.07 Å². The molecule has 0 radical (unpaired) electrons. The van der Waals surface area contributed by atoms with Gasteiger partial charge in [0.05, 0.1) is 18.2 Å². The molecular weight excluding hydrogens is 264 g/mol. The Morgan fingerprint density at radius 2 is 2.05 bits per heavy atom. The van der Waals surface area contributed by atoms with Crippen LogP contribution in [0.3, 0.4) is 0 Å². The quantitative estimate of drug-likeness (QED) is 0.915. The van der Waals surface area contributed by atoms with Crippen LogP contribution in [0.15, 0.2) is 48.5 Å². The molecular formula is C17H16N2O2. The van der Waals surface area contributed by atoms with Crippen LogP contribution in [0, 0.1) is 18.3 Å². The van der Waals surface area contributed by atoms with Gasteiger partial charge in [0.25, 0.3) is 0 Å². The smallest absolute Gasteiger partial charge is 0.250 e. The summed E-state index contributed by atoms with van der Waals surface area (Å²) >= 11 is 0. The van der Waals surface area contributed by atoms with Crippen LogP contribution < -0.4 is 5.32 Å². The third kappa shape index (κ3) is 4.44. The number of ether oxygens (including phenoxy) is 1. The van der Waals surface area contributed by atoms with Gasteiger partial charge in [-0.25, -0.2) is 0 Å². The van der Waals surface area contributed by atoms with Crippen LogP contribution in [-0.4, -0.2) is 12.5 Å². The number of hydrogen-bond acceptors (Lipinski definition) is 3. The van der Waals surface area contributed by atoms with E-state index < -0.39 is 0 Å². The number of carbonyl (C=O) groups excluding carboxylic acids is 1. The molecule has 0 saturated carbocycles. The molecule has 1 N–H and O–H groups in total. The molecule has 0 aliphatic heterocycles. The third-order valence-electron chi connectivity index (χ3n) is 2.93. The van der Waals surface area contributed by atoms with E-state index in [1.165, 1.54) is 0 Å². The number of nitrogens with one attached hydrogen (secondary N) is 1. The molecule has 2 aromatic rings. The maximum absolute atomic E-state index is 11.8. The summed E-state index contributed by atoms with van der Waals surface area (Å²) < 4.78 is 5.36. The highest BCUT2D eigenvalue weighted by atomic mass is 16.5. The minimum absolute atomic E-state index is 0.0479. The number of nitriles is 1. The Hall–Kier alpha value is -2.64. The lowest BCUT2D eigenvalue weighted by molar-refractivity contribution is -0.121. The van der Waals surface area contributed by atoms with Crippen molar-refractivity contribution >= 4 is 11.6 Å². The Balaban J connectivity index is 1.83. The summed E-state index contributed by atoms with van der Waals surface area (Å²) in [5, 5.41) is 11.7. The second-order valence-corrected chi connectivity index (χ2v) is 4.68. The van der Waals surface area contributed by atoms with Gasteiger partial charge in [-0.3, -0.25) is 4.79 Å². The van der Waals surface area contributed by atoms with Crippen LogP contribution in [0.25, 0.3) is 0 Å². The lowest BCUT2D eigenvalue weighted by atomic mass is 10.1. The van der Waals surface area contributed by atoms with Gasteiger partial charge in [0.2, 0.25) is 5.91 Å². The number of amides is 1. The van der Waals surface area contributed by atoms with Crippen LogP contribution >= 0.6 is 0 Å². The molecule has 4 heteroatoms. The number of hydrogen-bond donors (Lipinski definition) is 1. The van der Waals surface area contributed by atoms with Gasteiger partial charge in [-0.15, -0.1) is 0 Å². The molecule has 4 nitrogen and oxygen atoms in total. The lowest BCUT2D eigenvalue weighted by Gasteiger charge is -2.07. The number of rotatable bonds is 5. The van der Waals surface area contributed by atoms with Crippen molar-refractivity contribution in [3.05, 3.63) is 65.2 Å². The molecule has 1 amide bonds. The lowest BCUT2D eigenvalue weighted by Crippen LogP contribution is -2.18. The van der Waals surface area contributed by atoms with Gasteiger partial charge in [0.15, 0.2) is 0 Å². The molecule has 0 saturated heterocycles. The van der Waals surface area contributed by atoms with E-state index in [2.05, 4.69) is 11.4 Å². The molecule has 0 unspecified atom stereocenters. The second-order valence-electron chi connectivity index (χ2n) is 4.68. The Morgan fingerprint density at radius 3 is 2.81 bits per heavy atom. The summed E-state index contributed by atoms with van der Waals surface area (Å²) in [5.41, 5.74) is 3.18. The van der Waals surface area contributed by atoms with Gasteiger partial charge in [0.1, 0.15) is 6.61 Å². The first-order valence-corrected chi connectivity index (χ1v) is 6.61. The van der Waals surface area contributed by atoms with Crippen LogP contribution in [-0.2, 0) is 16.1 Å². The summed E-state index contributed by atoms with van der Waals surface area (Å²) in [7, 11) is 0. The molecule has 21 heavy (non-hydrogen) atoms. The Kier molecular flexibility index (Phi) is 5.08. The van der Waals surface area contributed by atoms with E-state index in [0.29, 0.717) is 5.56 Å². The van der Waals surface area contributed by atoms with E-state index in [1.54, 1.807) is 12.1 Å². The summed E-state index contributed by atoms with van der Waals surface area (Å²) in [6.07, 6.45) is 0. The number of aryl methyl sites for hydroxylation is 1. The van der Waals surface area contributed by atoms with Crippen molar-refractivity contribution in [2.24, 2.45) is 0 Å². The van der Waals surface area contributed by atoms with E-state index in [4.69, 9.17) is 10.00 Å². The molecule has 0 aliphatic rings. The first kappa shape index (κ1) is 14.8. The van der Waals surface area contributed by atoms with Gasteiger partial charge >= 0.3 is 0 Å². The van der Waals surface area contributed by atoms with Crippen molar-refractivity contribution < 1.29 is 9.53 Å². The van der Waals surface area contributed by atoms with Crippen molar-refractivity contribution in [2.75, 3.05) is 11.9 Å². The molecule has 0 heterocycles. The monoisotopic (exact) mass is 280 g/mol. The standard InChI is InChI=1S/C17H16N2O2/c1-13-5-4-8-16(9-13)19-17(20)12-21-11-15-7-3-2-6-14(15)10-18/h2-9H,11-12H2,1H3,(H,19,20). The summed E-state index contributed by atoms with van der Waals surface area (Å²) in [6.45, 7) is 2.16. The average molecular weight is 280 g/mol. The number of benzene rings is 2. The Morgan fingerprint density at radius 1 is 1.24 bits per heavy atom. The second kappa shape index (κ2) is 7.22. The molecule has 0 atom stereocenters. The van der Waals surface area contributed by atoms with Gasteiger partial charge in [-0.05, 0) is 36.2 Å². The zero-order valence-electron chi connectivity index (χ0n) is 11.8. The topological polar surface area (TPSA) is 62.1 Å². The fourth-order valence-electron chi connectivity index (χ4n) is 1.93. The van der Waals surface area contributed by atoms with E-state index in [0.717, 1.165) is 16.8 Å². The Labute approximate surface area is 124 Å². The molecule has 0 spiro atoms. The molecule has 0 aromatic heterocycles. The molecule has 0 fully saturated rings. The third-order valence-corrected chi connectivity index (χ3v) is 2.93. The van der Waals surface area contributed by atoms with Crippen LogP contribution in [0.1, 0.15) is 16.7 Å². The Bertz CT molecular complexity index is 674. The summed E-state index contributed by atoms with van der Waals surface area (Å²) in [4.78, 5) is 11.8. The molecule has 106 valence electrons. The van der Waals surface area contributed by atoms with E-state index in [1.807, 2.05) is 43.3 Å². The van der Waals surface area contributed by atoms with Crippen molar-refractivity contribution in [1.82, 2.24) is 0 Å². The van der Waals surface area contributed by atoms with Crippen LogP contribution in [0.5, 0.6) is 0 Å². The predicted octanol–water partition coefficient (Wildman–Crippen LogP) is 3.02. The predicted molar refractivity (Wildman–Crippen MR) is 80.6 cm³/mol.